The quantitative estimate of drug-likeness (QED) is 0.271. The van der Waals surface area contributed by atoms with Crippen LogP contribution in [0.25, 0.3) is 23.0 Å². The summed E-state index contributed by atoms with van der Waals surface area (Å²) in [5.74, 6) is -0.807. The summed E-state index contributed by atoms with van der Waals surface area (Å²) in [6, 6.07) is 7.01. The van der Waals surface area contributed by atoms with Crippen molar-refractivity contribution < 1.29 is 31.1 Å². The smallest absolute Gasteiger partial charge is 0.294 e. The van der Waals surface area contributed by atoms with Crippen LogP contribution in [-0.4, -0.2) is 15.8 Å². The van der Waals surface area contributed by atoms with Gasteiger partial charge in [0, 0.05) is 22.9 Å². The third-order valence-electron chi connectivity index (χ3n) is 4.44. The fraction of sp³-hybridized carbons (Fsp3) is 0.136. The number of carbonyl (C=O) groups excluding carboxylic acids is 1. The lowest BCUT2D eigenvalue weighted by Gasteiger charge is -2.14. The van der Waals surface area contributed by atoms with Gasteiger partial charge in [-0.1, -0.05) is 35.3 Å². The van der Waals surface area contributed by atoms with Crippen LogP contribution in [0.4, 0.5) is 26.3 Å². The normalized spacial score (nSPS) is 12.7. The van der Waals surface area contributed by atoms with E-state index in [4.69, 9.17) is 23.2 Å². The fourth-order valence-electron chi connectivity index (χ4n) is 2.90. The van der Waals surface area contributed by atoms with Crippen molar-refractivity contribution in [3.63, 3.8) is 0 Å². The Kier molecular flexibility index (Phi) is 6.85. The van der Waals surface area contributed by atoms with E-state index in [0.29, 0.717) is 12.1 Å². The van der Waals surface area contributed by atoms with Crippen LogP contribution in [0.2, 0.25) is 10.0 Å². The Labute approximate surface area is 193 Å². The first-order chi connectivity index (χ1) is 15.3. The first-order valence-electron chi connectivity index (χ1n) is 9.07. The molecular formula is C22H12Cl2F6N2O. The molecule has 2 aromatic carbocycles. The largest absolute Gasteiger partial charge is 0.416 e. The highest BCUT2D eigenvalue weighted by molar-refractivity contribution is 6.44. The number of Topliss-reactive ketones (excluding diaryl/α,β-unsaturated/α-hetero) is 1. The number of rotatable bonds is 4. The molecule has 0 atom stereocenters. The van der Waals surface area contributed by atoms with E-state index < -0.39 is 34.8 Å². The van der Waals surface area contributed by atoms with Crippen LogP contribution in [-0.2, 0) is 17.1 Å². The van der Waals surface area contributed by atoms with Gasteiger partial charge in [-0.3, -0.25) is 4.79 Å². The van der Waals surface area contributed by atoms with E-state index >= 15 is 0 Å². The number of ketones is 1. The van der Waals surface area contributed by atoms with Gasteiger partial charge in [0.1, 0.15) is 0 Å². The van der Waals surface area contributed by atoms with Crippen LogP contribution >= 0.6 is 23.2 Å². The maximum Gasteiger partial charge on any atom is 0.416 e. The van der Waals surface area contributed by atoms with Gasteiger partial charge in [0.25, 0.3) is 0 Å². The minimum atomic E-state index is -5.02. The highest BCUT2D eigenvalue weighted by Gasteiger charge is 2.37. The molecule has 172 valence electrons. The Morgan fingerprint density at radius 1 is 0.939 bits per heavy atom. The summed E-state index contributed by atoms with van der Waals surface area (Å²) in [6.45, 7) is 1.26. The number of benzene rings is 2. The van der Waals surface area contributed by atoms with Crippen molar-refractivity contribution in [1.82, 2.24) is 9.97 Å². The number of carbonyl (C=O) groups is 1. The van der Waals surface area contributed by atoms with Crippen molar-refractivity contribution in [2.75, 3.05) is 0 Å². The van der Waals surface area contributed by atoms with Gasteiger partial charge in [-0.15, -0.1) is 0 Å². The summed E-state index contributed by atoms with van der Waals surface area (Å²) >= 11 is 12.2. The standard InChI is InChI=1S/C22H12Cl2F6N2O/c1-11(33)17(16-3-2-4-18(23)19(16)24)10-15-5-6-31-20(32-15)12-7-13(21(25,26)27)9-14(8-12)22(28,29)30/h2-10H,1H3/b17-10-. The maximum atomic E-state index is 13.2. The predicted octanol–water partition coefficient (Wildman–Crippen LogP) is 7.62. The van der Waals surface area contributed by atoms with Crippen LogP contribution in [0.1, 0.15) is 29.3 Å². The number of hydrogen-bond donors (Lipinski definition) is 0. The molecule has 3 nitrogen and oxygen atoms in total. The molecule has 0 saturated heterocycles. The van der Waals surface area contributed by atoms with Gasteiger partial charge in [-0.2, -0.15) is 26.3 Å². The molecule has 0 fully saturated rings. The van der Waals surface area contributed by atoms with E-state index in [9.17, 15) is 31.1 Å². The number of halogens is 8. The topological polar surface area (TPSA) is 42.9 Å². The average molecular weight is 505 g/mol. The van der Waals surface area contributed by atoms with Crippen LogP contribution < -0.4 is 0 Å². The van der Waals surface area contributed by atoms with Gasteiger partial charge in [0.15, 0.2) is 11.6 Å². The zero-order valence-electron chi connectivity index (χ0n) is 16.5. The molecule has 33 heavy (non-hydrogen) atoms. The molecule has 0 amide bonds. The average Bonchev–Trinajstić information content (AvgIpc) is 2.73. The van der Waals surface area contributed by atoms with Crippen LogP contribution in [0.5, 0.6) is 0 Å². The minimum Gasteiger partial charge on any atom is -0.294 e. The lowest BCUT2D eigenvalue weighted by Crippen LogP contribution is -2.11. The molecule has 1 heterocycles. The summed E-state index contributed by atoms with van der Waals surface area (Å²) in [5.41, 5.74) is -3.04. The third-order valence-corrected chi connectivity index (χ3v) is 5.26. The Hall–Kier alpha value is -2.91. The fourth-order valence-corrected chi connectivity index (χ4v) is 3.31. The van der Waals surface area contributed by atoms with Gasteiger partial charge in [-0.05, 0) is 43.3 Å². The van der Waals surface area contributed by atoms with E-state index in [1.165, 1.54) is 31.2 Å². The molecule has 0 aliphatic carbocycles. The van der Waals surface area contributed by atoms with Gasteiger partial charge in [0.2, 0.25) is 0 Å². The van der Waals surface area contributed by atoms with Crippen LogP contribution in [0.3, 0.4) is 0 Å². The molecule has 0 aliphatic heterocycles. The number of alkyl halides is 6. The molecule has 1 aromatic heterocycles. The van der Waals surface area contributed by atoms with Gasteiger partial charge < -0.3 is 0 Å². The molecule has 0 radical (unpaired) electrons. The molecule has 0 N–H and O–H groups in total. The summed E-state index contributed by atoms with van der Waals surface area (Å²) in [7, 11) is 0. The zero-order chi connectivity index (χ0) is 24.6. The lowest BCUT2D eigenvalue weighted by atomic mass is 10.0. The molecule has 0 aliphatic rings. The minimum absolute atomic E-state index is 0.0161. The molecule has 0 saturated carbocycles. The second-order valence-electron chi connectivity index (χ2n) is 6.82. The first kappa shape index (κ1) is 24.7. The summed E-state index contributed by atoms with van der Waals surface area (Å²) in [4.78, 5) is 20.1. The van der Waals surface area contributed by atoms with Crippen molar-refractivity contribution >= 4 is 40.6 Å². The lowest BCUT2D eigenvalue weighted by molar-refractivity contribution is -0.143. The second-order valence-corrected chi connectivity index (χ2v) is 7.60. The van der Waals surface area contributed by atoms with Crippen molar-refractivity contribution in [3.8, 4) is 11.4 Å². The molecule has 3 rings (SSSR count). The Balaban J connectivity index is 2.16. The van der Waals surface area contributed by atoms with E-state index in [0.717, 1.165) is 6.20 Å². The monoisotopic (exact) mass is 504 g/mol. The van der Waals surface area contributed by atoms with Crippen molar-refractivity contribution in [2.24, 2.45) is 0 Å². The highest BCUT2D eigenvalue weighted by Crippen LogP contribution is 2.38. The molecule has 0 spiro atoms. The number of nitrogens with zero attached hydrogens (tertiary/aromatic N) is 2. The number of hydrogen-bond acceptors (Lipinski definition) is 3. The van der Waals surface area contributed by atoms with E-state index in [2.05, 4.69) is 9.97 Å². The summed E-state index contributed by atoms with van der Waals surface area (Å²) in [5, 5.41) is 0.288. The Morgan fingerprint density at radius 2 is 1.55 bits per heavy atom. The van der Waals surface area contributed by atoms with E-state index in [-0.39, 0.29) is 38.8 Å². The second kappa shape index (κ2) is 9.15. The van der Waals surface area contributed by atoms with E-state index in [1.54, 1.807) is 6.07 Å². The molecule has 0 bridgehead atoms. The number of allylic oxidation sites excluding steroid dienone is 1. The zero-order valence-corrected chi connectivity index (χ0v) is 18.0. The number of aromatic nitrogens is 2. The molecule has 11 heteroatoms. The van der Waals surface area contributed by atoms with Crippen molar-refractivity contribution in [3.05, 3.63) is 81.1 Å². The Bertz CT molecular complexity index is 1220. The van der Waals surface area contributed by atoms with Crippen molar-refractivity contribution in [2.45, 2.75) is 19.3 Å². The summed E-state index contributed by atoms with van der Waals surface area (Å²) < 4.78 is 79.0. The first-order valence-corrected chi connectivity index (χ1v) is 9.83. The van der Waals surface area contributed by atoms with Gasteiger partial charge in [0.05, 0.1) is 26.9 Å². The third kappa shape index (κ3) is 5.72. The maximum absolute atomic E-state index is 13.2. The van der Waals surface area contributed by atoms with Crippen LogP contribution in [0, 0.1) is 0 Å². The molecular weight excluding hydrogens is 493 g/mol. The van der Waals surface area contributed by atoms with E-state index in [1.807, 2.05) is 0 Å². The SMILES string of the molecule is CC(=O)/C(=C/c1ccnc(-c2cc(C(F)(F)F)cc(C(F)(F)F)c2)n1)c1cccc(Cl)c1Cl. The summed E-state index contributed by atoms with van der Waals surface area (Å²) in [6.07, 6.45) is -7.58. The predicted molar refractivity (Wildman–Crippen MR) is 112 cm³/mol. The van der Waals surface area contributed by atoms with Crippen molar-refractivity contribution in [1.29, 1.82) is 0 Å². The highest BCUT2D eigenvalue weighted by atomic mass is 35.5. The molecule has 0 unspecified atom stereocenters. The van der Waals surface area contributed by atoms with Gasteiger partial charge >= 0.3 is 12.4 Å². The Morgan fingerprint density at radius 3 is 2.09 bits per heavy atom. The van der Waals surface area contributed by atoms with Gasteiger partial charge in [-0.25, -0.2) is 9.97 Å². The molecule has 3 aromatic rings. The van der Waals surface area contributed by atoms with Crippen LogP contribution in [0.15, 0.2) is 48.7 Å².